The number of hydrogen-bond donors (Lipinski definition) is 0. The van der Waals surface area contributed by atoms with E-state index in [1.807, 2.05) is 0 Å². The topological polar surface area (TPSA) is 54.3 Å². The van der Waals surface area contributed by atoms with Gasteiger partial charge in [0.05, 0.1) is 12.7 Å². The number of aliphatic imine (C=N–C) groups is 2. The average Bonchev–Trinajstić information content (AvgIpc) is 2.22. The Hall–Kier alpha value is -1.56. The second kappa shape index (κ2) is 5.98. The molecule has 0 radical (unpaired) electrons. The Bertz CT molecular complexity index is 286. The Morgan fingerprint density at radius 2 is 2.21 bits per heavy atom. The number of hydrogen-bond acceptors (Lipinski definition) is 3. The summed E-state index contributed by atoms with van der Waals surface area (Å²) in [7, 11) is 2.67. The summed E-state index contributed by atoms with van der Waals surface area (Å²) in [6, 6.07) is 0. The zero-order chi connectivity index (χ0) is 11.1. The number of likely N-dealkylation sites (N-methyl/N-ethyl adjacent to an activating group) is 1. The molecule has 0 aromatic rings. The summed E-state index contributed by atoms with van der Waals surface area (Å²) < 4.78 is 13.0. The van der Waals surface area contributed by atoms with Gasteiger partial charge in [0.25, 0.3) is 5.91 Å². The van der Waals surface area contributed by atoms with E-state index in [-0.39, 0.29) is 5.57 Å². The smallest absolute Gasteiger partial charge is 0.274 e. The Morgan fingerprint density at radius 3 is 2.64 bits per heavy atom. The van der Waals surface area contributed by atoms with Crippen molar-refractivity contribution in [3.8, 4) is 0 Å². The van der Waals surface area contributed by atoms with Gasteiger partial charge >= 0.3 is 0 Å². The van der Waals surface area contributed by atoms with Crippen LogP contribution in [0, 0.1) is 0 Å². The maximum atomic E-state index is 13.0. The maximum absolute atomic E-state index is 13.0. The largest absolute Gasteiger partial charge is 0.277 e. The number of amides is 1. The zero-order valence-corrected chi connectivity index (χ0v) is 8.32. The van der Waals surface area contributed by atoms with Gasteiger partial charge in [0, 0.05) is 7.05 Å². The van der Waals surface area contributed by atoms with Crippen LogP contribution in [-0.4, -0.2) is 38.2 Å². The second-order valence-electron chi connectivity index (χ2n) is 2.33. The molecule has 0 aromatic heterocycles. The SMILES string of the molecule is C=N/C=N\C(F)=C(/C)C(=O)N(C)OC. The van der Waals surface area contributed by atoms with Gasteiger partial charge in [-0.2, -0.15) is 4.39 Å². The Labute approximate surface area is 81.5 Å². The third-order valence-corrected chi connectivity index (χ3v) is 1.44. The van der Waals surface area contributed by atoms with Gasteiger partial charge in [-0.05, 0) is 13.6 Å². The number of halogens is 1. The number of rotatable bonds is 4. The Morgan fingerprint density at radius 1 is 1.64 bits per heavy atom. The second-order valence-corrected chi connectivity index (χ2v) is 2.33. The molecular weight excluding hydrogens is 189 g/mol. The van der Waals surface area contributed by atoms with Crippen molar-refractivity contribution in [2.75, 3.05) is 14.2 Å². The third-order valence-electron chi connectivity index (χ3n) is 1.44. The normalized spacial score (nSPS) is 12.6. The molecule has 14 heavy (non-hydrogen) atoms. The van der Waals surface area contributed by atoms with Gasteiger partial charge < -0.3 is 0 Å². The van der Waals surface area contributed by atoms with Gasteiger partial charge in [0.2, 0.25) is 5.95 Å². The maximum Gasteiger partial charge on any atom is 0.277 e. The first-order chi connectivity index (χ1) is 6.54. The first-order valence-corrected chi connectivity index (χ1v) is 3.71. The first-order valence-electron chi connectivity index (χ1n) is 3.71. The summed E-state index contributed by atoms with van der Waals surface area (Å²) in [4.78, 5) is 22.3. The molecule has 0 spiro atoms. The molecule has 0 bridgehead atoms. The van der Waals surface area contributed by atoms with Crippen LogP contribution in [0.4, 0.5) is 4.39 Å². The van der Waals surface area contributed by atoms with Crippen molar-refractivity contribution in [2.24, 2.45) is 9.98 Å². The standard InChI is InChI=1S/C8H12FN3O2/c1-6(7(9)11-5-10-2)8(13)12(3)14-4/h5H,2H2,1,3-4H3/b7-6+,11-5-. The molecule has 5 nitrogen and oxygen atoms in total. The van der Waals surface area contributed by atoms with Crippen molar-refractivity contribution < 1.29 is 14.0 Å². The van der Waals surface area contributed by atoms with Crippen LogP contribution in [0.3, 0.4) is 0 Å². The first kappa shape index (κ1) is 12.4. The molecule has 0 atom stereocenters. The highest BCUT2D eigenvalue weighted by Gasteiger charge is 2.14. The van der Waals surface area contributed by atoms with Crippen molar-refractivity contribution in [1.82, 2.24) is 5.06 Å². The van der Waals surface area contributed by atoms with Crippen molar-refractivity contribution in [2.45, 2.75) is 6.92 Å². The van der Waals surface area contributed by atoms with E-state index in [1.54, 1.807) is 0 Å². The summed E-state index contributed by atoms with van der Waals surface area (Å²) in [5.74, 6) is -1.52. The zero-order valence-electron chi connectivity index (χ0n) is 8.32. The van der Waals surface area contributed by atoms with Crippen molar-refractivity contribution in [1.29, 1.82) is 0 Å². The predicted molar refractivity (Wildman–Crippen MR) is 51.6 cm³/mol. The fraction of sp³-hybridized carbons (Fsp3) is 0.375. The molecule has 0 heterocycles. The van der Waals surface area contributed by atoms with E-state index in [0.717, 1.165) is 11.4 Å². The predicted octanol–water partition coefficient (Wildman–Crippen LogP) is 0.936. The van der Waals surface area contributed by atoms with Gasteiger partial charge in [0.1, 0.15) is 6.34 Å². The van der Waals surface area contributed by atoms with E-state index < -0.39 is 11.9 Å². The molecule has 0 N–H and O–H groups in total. The van der Waals surface area contributed by atoms with Crippen molar-refractivity contribution in [3.63, 3.8) is 0 Å². The number of carbonyl (C=O) groups is 1. The molecule has 0 unspecified atom stereocenters. The highest BCUT2D eigenvalue weighted by molar-refractivity contribution is 5.92. The number of nitrogens with zero attached hydrogens (tertiary/aromatic N) is 3. The monoisotopic (exact) mass is 201 g/mol. The van der Waals surface area contributed by atoms with Crippen LogP contribution < -0.4 is 0 Å². The van der Waals surface area contributed by atoms with E-state index in [2.05, 4.69) is 21.5 Å². The van der Waals surface area contributed by atoms with Gasteiger partial charge in [-0.15, -0.1) is 0 Å². The van der Waals surface area contributed by atoms with Crippen LogP contribution in [0.2, 0.25) is 0 Å². The van der Waals surface area contributed by atoms with Crippen LogP contribution in [0.1, 0.15) is 6.92 Å². The van der Waals surface area contributed by atoms with E-state index in [9.17, 15) is 9.18 Å². The highest BCUT2D eigenvalue weighted by Crippen LogP contribution is 2.09. The summed E-state index contributed by atoms with van der Waals surface area (Å²) in [5.41, 5.74) is -0.158. The highest BCUT2D eigenvalue weighted by atomic mass is 19.1. The Balaban J connectivity index is 4.72. The molecule has 78 valence electrons. The van der Waals surface area contributed by atoms with Crippen molar-refractivity contribution in [3.05, 3.63) is 11.5 Å². The van der Waals surface area contributed by atoms with Crippen molar-refractivity contribution >= 4 is 19.0 Å². The molecule has 0 fully saturated rings. The summed E-state index contributed by atoms with van der Waals surface area (Å²) in [5, 5.41) is 0.895. The van der Waals surface area contributed by atoms with E-state index >= 15 is 0 Å². The summed E-state index contributed by atoms with van der Waals surface area (Å²) in [6.07, 6.45) is 0.916. The quantitative estimate of drug-likeness (QED) is 0.223. The molecule has 0 aliphatic heterocycles. The van der Waals surface area contributed by atoms with E-state index in [0.29, 0.717) is 0 Å². The van der Waals surface area contributed by atoms with Gasteiger partial charge in [-0.1, -0.05) is 0 Å². The minimum absolute atomic E-state index is 0.158. The molecule has 1 amide bonds. The molecule has 6 heteroatoms. The number of carbonyl (C=O) groups excluding carboxylic acids is 1. The molecule has 0 rings (SSSR count). The van der Waals surface area contributed by atoms with Crippen LogP contribution in [0.25, 0.3) is 0 Å². The van der Waals surface area contributed by atoms with Gasteiger partial charge in [-0.3, -0.25) is 14.6 Å². The molecule has 0 saturated heterocycles. The minimum Gasteiger partial charge on any atom is -0.274 e. The Kier molecular flexibility index (Phi) is 5.31. The van der Waals surface area contributed by atoms with Crippen LogP contribution in [0.15, 0.2) is 21.5 Å². The lowest BCUT2D eigenvalue weighted by Crippen LogP contribution is -2.26. The molecular formula is C8H12FN3O2. The summed E-state index contributed by atoms with van der Waals surface area (Å²) >= 11 is 0. The van der Waals surface area contributed by atoms with Gasteiger partial charge in [0.15, 0.2) is 0 Å². The lowest BCUT2D eigenvalue weighted by Gasteiger charge is -2.13. The molecule has 0 aromatic carbocycles. The molecule has 0 saturated carbocycles. The van der Waals surface area contributed by atoms with Crippen LogP contribution in [-0.2, 0) is 9.63 Å². The summed E-state index contributed by atoms with van der Waals surface area (Å²) in [6.45, 7) is 4.38. The lowest BCUT2D eigenvalue weighted by molar-refractivity contribution is -0.164. The fourth-order valence-electron chi connectivity index (χ4n) is 0.596. The minimum atomic E-state index is -0.911. The number of hydroxylamine groups is 2. The van der Waals surface area contributed by atoms with Crippen LogP contribution >= 0.6 is 0 Å². The van der Waals surface area contributed by atoms with Crippen LogP contribution in [0.5, 0.6) is 0 Å². The fourth-order valence-corrected chi connectivity index (χ4v) is 0.596. The molecule has 0 aliphatic carbocycles. The van der Waals surface area contributed by atoms with Gasteiger partial charge in [-0.25, -0.2) is 10.1 Å². The van der Waals surface area contributed by atoms with E-state index in [4.69, 9.17) is 0 Å². The third kappa shape index (κ3) is 3.44. The average molecular weight is 201 g/mol. The van der Waals surface area contributed by atoms with E-state index in [1.165, 1.54) is 21.1 Å². The lowest BCUT2D eigenvalue weighted by atomic mass is 10.3. The molecule has 0 aliphatic rings.